The first kappa shape index (κ1) is 19.3. The molecule has 3 aromatic rings. The minimum absolute atomic E-state index is 0.376. The molecule has 1 N–H and O–H groups in total. The molecule has 0 saturated heterocycles. The number of carbonyl (C=O) groups excluding carboxylic acids is 1. The van der Waals surface area contributed by atoms with Gasteiger partial charge in [0.05, 0.1) is 16.9 Å². The molecule has 8 heteroatoms. The van der Waals surface area contributed by atoms with E-state index in [4.69, 9.17) is 0 Å². The van der Waals surface area contributed by atoms with Gasteiger partial charge < -0.3 is 5.32 Å². The number of amides is 1. The van der Waals surface area contributed by atoms with E-state index in [0.717, 1.165) is 22.4 Å². The Bertz CT molecular complexity index is 1050. The molecule has 1 heterocycles. The van der Waals surface area contributed by atoms with Gasteiger partial charge in [-0.25, -0.2) is 4.68 Å². The number of hydrogen-bond donors (Lipinski definition) is 1. The maximum atomic E-state index is 13.1. The van der Waals surface area contributed by atoms with Gasteiger partial charge in [-0.3, -0.25) is 9.59 Å². The van der Waals surface area contributed by atoms with Gasteiger partial charge in [-0.05, 0) is 25.1 Å². The monoisotopic (exact) mass is 387 g/mol. The average Bonchev–Trinajstić information content (AvgIpc) is 2.68. The van der Waals surface area contributed by atoms with Crippen molar-refractivity contribution in [2.24, 2.45) is 0 Å². The maximum Gasteiger partial charge on any atom is 0.418 e. The summed E-state index contributed by atoms with van der Waals surface area (Å²) in [4.78, 5) is 24.7. The Hall–Kier alpha value is -3.42. The molecule has 0 spiro atoms. The molecule has 0 radical (unpaired) electrons. The molecule has 5 nitrogen and oxygen atoms in total. The highest BCUT2D eigenvalue weighted by Gasteiger charge is 2.34. The lowest BCUT2D eigenvalue weighted by molar-refractivity contribution is -0.137. The highest BCUT2D eigenvalue weighted by Crippen LogP contribution is 2.34. The second kappa shape index (κ2) is 7.67. The van der Waals surface area contributed by atoms with Gasteiger partial charge in [0.1, 0.15) is 6.04 Å². The normalized spacial score (nSPS) is 12.4. The summed E-state index contributed by atoms with van der Waals surface area (Å²) >= 11 is 0. The first-order valence-electron chi connectivity index (χ1n) is 8.40. The number of anilines is 1. The maximum absolute atomic E-state index is 13.1. The highest BCUT2D eigenvalue weighted by atomic mass is 19.4. The number of para-hydroxylation sites is 1. The summed E-state index contributed by atoms with van der Waals surface area (Å²) in [5, 5.41) is 6.44. The average molecular weight is 387 g/mol. The summed E-state index contributed by atoms with van der Waals surface area (Å²) in [7, 11) is 0. The molecule has 0 saturated carbocycles. The van der Waals surface area contributed by atoms with Crippen LogP contribution in [0.25, 0.3) is 11.3 Å². The van der Waals surface area contributed by atoms with E-state index in [2.05, 4.69) is 10.4 Å². The lowest BCUT2D eigenvalue weighted by Gasteiger charge is -2.17. The van der Waals surface area contributed by atoms with E-state index in [0.29, 0.717) is 5.69 Å². The van der Waals surface area contributed by atoms with Crippen molar-refractivity contribution in [3.63, 3.8) is 0 Å². The van der Waals surface area contributed by atoms with E-state index in [1.807, 2.05) is 6.07 Å². The molecule has 144 valence electrons. The van der Waals surface area contributed by atoms with Crippen LogP contribution in [0, 0.1) is 0 Å². The van der Waals surface area contributed by atoms with Crippen LogP contribution in [-0.2, 0) is 11.0 Å². The molecule has 0 aliphatic carbocycles. The van der Waals surface area contributed by atoms with Gasteiger partial charge in [-0.15, -0.1) is 0 Å². The third-order valence-electron chi connectivity index (χ3n) is 4.13. The van der Waals surface area contributed by atoms with Gasteiger partial charge in [0.15, 0.2) is 0 Å². The fourth-order valence-electron chi connectivity index (χ4n) is 2.65. The molecule has 0 aliphatic rings. The first-order chi connectivity index (χ1) is 13.3. The van der Waals surface area contributed by atoms with Crippen LogP contribution in [0.5, 0.6) is 0 Å². The van der Waals surface area contributed by atoms with Gasteiger partial charge in [0.25, 0.3) is 5.56 Å². The largest absolute Gasteiger partial charge is 0.418 e. The van der Waals surface area contributed by atoms with Crippen LogP contribution in [-0.4, -0.2) is 15.7 Å². The van der Waals surface area contributed by atoms with Crippen molar-refractivity contribution in [1.29, 1.82) is 0 Å². The third kappa shape index (κ3) is 4.11. The number of aromatic nitrogens is 2. The Labute approximate surface area is 158 Å². The number of rotatable bonds is 4. The topological polar surface area (TPSA) is 64.0 Å². The van der Waals surface area contributed by atoms with Crippen LogP contribution in [0.2, 0.25) is 0 Å². The summed E-state index contributed by atoms with van der Waals surface area (Å²) in [6.45, 7) is 1.40. The van der Waals surface area contributed by atoms with Crippen molar-refractivity contribution in [3.05, 3.63) is 82.6 Å². The predicted molar refractivity (Wildman–Crippen MR) is 98.7 cm³/mol. The zero-order valence-electron chi connectivity index (χ0n) is 14.8. The van der Waals surface area contributed by atoms with Crippen LogP contribution >= 0.6 is 0 Å². The number of nitrogens with one attached hydrogen (secondary N) is 1. The van der Waals surface area contributed by atoms with Gasteiger partial charge >= 0.3 is 6.18 Å². The van der Waals surface area contributed by atoms with Gasteiger partial charge in [0, 0.05) is 11.6 Å². The van der Waals surface area contributed by atoms with Crippen LogP contribution < -0.4 is 10.9 Å². The fraction of sp³-hybridized carbons (Fsp3) is 0.150. The fourth-order valence-corrected chi connectivity index (χ4v) is 2.65. The van der Waals surface area contributed by atoms with Crippen molar-refractivity contribution in [3.8, 4) is 11.3 Å². The van der Waals surface area contributed by atoms with Crippen molar-refractivity contribution >= 4 is 11.6 Å². The molecule has 0 bridgehead atoms. The van der Waals surface area contributed by atoms with Crippen LogP contribution in [0.1, 0.15) is 18.5 Å². The molecule has 1 atom stereocenters. The van der Waals surface area contributed by atoms with E-state index < -0.39 is 29.2 Å². The molecule has 3 rings (SSSR count). The molecule has 0 aliphatic heterocycles. The van der Waals surface area contributed by atoms with E-state index in [9.17, 15) is 22.8 Å². The lowest BCUT2D eigenvalue weighted by atomic mass is 10.1. The Kier molecular flexibility index (Phi) is 5.30. The SMILES string of the molecule is C[C@@H](C(=O)Nc1ccccc1C(F)(F)F)n1nc(-c2ccccc2)ccc1=O. The second-order valence-electron chi connectivity index (χ2n) is 6.08. The zero-order valence-corrected chi connectivity index (χ0v) is 14.8. The number of hydrogen-bond acceptors (Lipinski definition) is 3. The van der Waals surface area contributed by atoms with Gasteiger partial charge in [0.2, 0.25) is 5.91 Å². The molecule has 1 amide bonds. The molecule has 1 aromatic heterocycles. The molecule has 0 unspecified atom stereocenters. The standard InChI is InChI=1S/C20H16F3N3O2/c1-13(19(28)24-17-10-6-5-9-15(17)20(21,22)23)26-18(27)12-11-16(25-26)14-7-3-2-4-8-14/h2-13H,1H3,(H,24,28)/t13-/m0/s1. The third-order valence-corrected chi connectivity index (χ3v) is 4.13. The minimum atomic E-state index is -4.62. The smallest absolute Gasteiger partial charge is 0.324 e. The Balaban J connectivity index is 1.90. The van der Waals surface area contributed by atoms with Crippen LogP contribution in [0.4, 0.5) is 18.9 Å². The van der Waals surface area contributed by atoms with E-state index in [-0.39, 0.29) is 5.69 Å². The summed E-state index contributed by atoms with van der Waals surface area (Å²) in [6.07, 6.45) is -4.62. The van der Waals surface area contributed by atoms with Crippen molar-refractivity contribution in [2.75, 3.05) is 5.32 Å². The number of halogens is 3. The highest BCUT2D eigenvalue weighted by molar-refractivity contribution is 5.94. The first-order valence-corrected chi connectivity index (χ1v) is 8.40. The van der Waals surface area contributed by atoms with Crippen molar-refractivity contribution < 1.29 is 18.0 Å². The van der Waals surface area contributed by atoms with E-state index >= 15 is 0 Å². The Morgan fingerprint density at radius 2 is 1.64 bits per heavy atom. The number of benzene rings is 2. The quantitative estimate of drug-likeness (QED) is 0.732. The van der Waals surface area contributed by atoms with Crippen molar-refractivity contribution in [2.45, 2.75) is 19.1 Å². The Morgan fingerprint density at radius 3 is 2.32 bits per heavy atom. The summed E-state index contributed by atoms with van der Waals surface area (Å²) in [5.74, 6) is -0.781. The summed E-state index contributed by atoms with van der Waals surface area (Å²) < 4.78 is 40.3. The molecule has 0 fully saturated rings. The molecular weight excluding hydrogens is 371 g/mol. The van der Waals surface area contributed by atoms with Gasteiger partial charge in [-0.1, -0.05) is 42.5 Å². The van der Waals surface area contributed by atoms with E-state index in [1.54, 1.807) is 24.3 Å². The van der Waals surface area contributed by atoms with E-state index in [1.165, 1.54) is 31.2 Å². The Morgan fingerprint density at radius 1 is 1.00 bits per heavy atom. The minimum Gasteiger partial charge on any atom is -0.324 e. The second-order valence-corrected chi connectivity index (χ2v) is 6.08. The van der Waals surface area contributed by atoms with Gasteiger partial charge in [-0.2, -0.15) is 18.3 Å². The predicted octanol–water partition coefficient (Wildman–Crippen LogP) is 4.13. The molecular formula is C20H16F3N3O2. The zero-order chi connectivity index (χ0) is 20.3. The number of carbonyl (C=O) groups is 1. The van der Waals surface area contributed by atoms with Crippen LogP contribution in [0.15, 0.2) is 71.5 Å². The number of nitrogens with zero attached hydrogens (tertiary/aromatic N) is 2. The lowest BCUT2D eigenvalue weighted by Crippen LogP contribution is -2.33. The van der Waals surface area contributed by atoms with Crippen LogP contribution in [0.3, 0.4) is 0 Å². The summed E-state index contributed by atoms with van der Waals surface area (Å²) in [5.41, 5.74) is -0.666. The van der Waals surface area contributed by atoms with Crippen molar-refractivity contribution in [1.82, 2.24) is 9.78 Å². The molecule has 28 heavy (non-hydrogen) atoms. The molecule has 2 aromatic carbocycles. The number of alkyl halides is 3. The summed E-state index contributed by atoms with van der Waals surface area (Å²) in [6, 6.07) is 15.3.